The lowest BCUT2D eigenvalue weighted by Crippen LogP contribution is -2.22. The lowest BCUT2D eigenvalue weighted by atomic mass is 9.72. The summed E-state index contributed by atoms with van der Waals surface area (Å²) in [6, 6.07) is 0. The molecule has 0 N–H and O–H groups in total. The van der Waals surface area contributed by atoms with Gasteiger partial charge >= 0.3 is 11.9 Å². The number of hydrogen-bond donors (Lipinski definition) is 0. The fourth-order valence-corrected chi connectivity index (χ4v) is 5.59. The summed E-state index contributed by atoms with van der Waals surface area (Å²) in [5.41, 5.74) is 3.59. The summed E-state index contributed by atoms with van der Waals surface area (Å²) < 4.78 is 4.57. The average molecular weight is 435 g/mol. The van der Waals surface area contributed by atoms with Crippen LogP contribution in [-0.4, -0.2) is 11.9 Å². The Morgan fingerprint density at radius 3 is 1.58 bits per heavy atom. The van der Waals surface area contributed by atoms with Gasteiger partial charge in [0.25, 0.3) is 0 Å². The van der Waals surface area contributed by atoms with Gasteiger partial charge in [-0.2, -0.15) is 0 Å². The number of allylic oxidation sites excluding steroid dienone is 2. The van der Waals surface area contributed by atoms with Gasteiger partial charge in [-0.3, -0.25) is 9.59 Å². The summed E-state index contributed by atoms with van der Waals surface area (Å²) in [7, 11) is 0. The van der Waals surface area contributed by atoms with Crippen molar-refractivity contribution in [1.29, 1.82) is 0 Å². The maximum Gasteiger partial charge on any atom is 0.317 e. The molecule has 0 amide bonds. The predicted molar refractivity (Wildman–Crippen MR) is 133 cm³/mol. The molecule has 1 saturated heterocycles. The number of carbonyl (C=O) groups is 2. The second-order valence-electron chi connectivity index (χ2n) is 13.8. The van der Waals surface area contributed by atoms with Gasteiger partial charge in [0.15, 0.2) is 0 Å². The van der Waals surface area contributed by atoms with E-state index >= 15 is 0 Å². The number of rotatable bonds is 8. The Labute approximate surface area is 193 Å². The molecule has 180 valence electrons. The molecule has 0 saturated carbocycles. The summed E-state index contributed by atoms with van der Waals surface area (Å²) in [5.74, 6) is -1.11. The Bertz CT molecular complexity index is 651. The van der Waals surface area contributed by atoms with Crippen LogP contribution >= 0.6 is 0 Å². The minimum atomic E-state index is -0.406. The van der Waals surface area contributed by atoms with Gasteiger partial charge in [0.1, 0.15) is 0 Å². The first-order chi connectivity index (χ1) is 13.6. The molecule has 1 aliphatic heterocycles. The van der Waals surface area contributed by atoms with Crippen LogP contribution in [0.2, 0.25) is 0 Å². The van der Waals surface area contributed by atoms with Crippen molar-refractivity contribution in [3.63, 3.8) is 0 Å². The van der Waals surface area contributed by atoms with Crippen molar-refractivity contribution < 1.29 is 14.3 Å². The van der Waals surface area contributed by atoms with Gasteiger partial charge in [-0.25, -0.2) is 0 Å². The van der Waals surface area contributed by atoms with Crippen molar-refractivity contribution in [1.82, 2.24) is 0 Å². The summed E-state index contributed by atoms with van der Waals surface area (Å²) in [5, 5.41) is 0. The topological polar surface area (TPSA) is 43.4 Å². The monoisotopic (exact) mass is 434 g/mol. The molecule has 3 nitrogen and oxygen atoms in total. The highest BCUT2D eigenvalue weighted by Gasteiger charge is 2.34. The molecule has 0 aromatic carbocycles. The van der Waals surface area contributed by atoms with Crippen molar-refractivity contribution in [3.8, 4) is 0 Å². The molecule has 1 unspecified atom stereocenters. The fraction of sp³-hybridized carbons (Fsp3) is 0.786. The Hall–Kier alpha value is -1.38. The molecule has 1 fully saturated rings. The highest BCUT2D eigenvalue weighted by Crippen LogP contribution is 2.39. The number of hydrogen-bond acceptors (Lipinski definition) is 3. The van der Waals surface area contributed by atoms with Crippen LogP contribution in [0, 0.1) is 27.6 Å². The molecule has 1 atom stereocenters. The van der Waals surface area contributed by atoms with Crippen molar-refractivity contribution in [2.24, 2.45) is 27.6 Å². The molecule has 1 heterocycles. The van der Waals surface area contributed by atoms with Gasteiger partial charge in [-0.15, -0.1) is 6.58 Å². The zero-order chi connectivity index (χ0) is 24.8. The Balaban J connectivity index is 0.000000649. The number of carbonyl (C=O) groups excluding carboxylic acids is 2. The molecule has 0 aromatic heterocycles. The van der Waals surface area contributed by atoms with Crippen LogP contribution in [0.3, 0.4) is 0 Å². The highest BCUT2D eigenvalue weighted by atomic mass is 16.6. The number of ether oxygens (including phenoxy) is 1. The smallest absolute Gasteiger partial charge is 0.317 e. The van der Waals surface area contributed by atoms with E-state index in [-0.39, 0.29) is 29.1 Å². The molecule has 0 aliphatic carbocycles. The molecular weight excluding hydrogens is 384 g/mol. The zero-order valence-electron chi connectivity index (χ0n) is 22.5. The SMILES string of the molecule is C=C(C)CC(C)(C)CC(C)(C)C.C=C(CC1CC(=O)OC1=O)CC(C)(C)CC(C)(C)C. The third-order valence-corrected chi connectivity index (χ3v) is 5.02. The Morgan fingerprint density at radius 1 is 0.839 bits per heavy atom. The van der Waals surface area contributed by atoms with E-state index in [0.717, 1.165) is 24.8 Å². The second kappa shape index (κ2) is 11.0. The molecule has 0 bridgehead atoms. The minimum absolute atomic E-state index is 0.155. The lowest BCUT2D eigenvalue weighted by Gasteiger charge is -2.33. The van der Waals surface area contributed by atoms with Crippen LogP contribution in [0.5, 0.6) is 0 Å². The van der Waals surface area contributed by atoms with Crippen LogP contribution < -0.4 is 0 Å². The van der Waals surface area contributed by atoms with Crippen LogP contribution in [0.15, 0.2) is 24.3 Å². The molecule has 1 rings (SSSR count). The maximum absolute atomic E-state index is 11.4. The quantitative estimate of drug-likeness (QED) is 0.219. The molecule has 0 radical (unpaired) electrons. The molecule has 3 heteroatoms. The zero-order valence-corrected chi connectivity index (χ0v) is 22.5. The first-order valence-electron chi connectivity index (χ1n) is 11.7. The van der Waals surface area contributed by atoms with Crippen LogP contribution in [0.25, 0.3) is 0 Å². The largest absolute Gasteiger partial charge is 0.393 e. The van der Waals surface area contributed by atoms with Gasteiger partial charge in [0.2, 0.25) is 0 Å². The van der Waals surface area contributed by atoms with Crippen molar-refractivity contribution >= 4 is 11.9 Å². The van der Waals surface area contributed by atoms with E-state index in [4.69, 9.17) is 0 Å². The molecule has 0 spiro atoms. The van der Waals surface area contributed by atoms with Gasteiger partial charge in [0, 0.05) is 0 Å². The van der Waals surface area contributed by atoms with E-state index in [1.807, 2.05) is 0 Å². The average Bonchev–Trinajstić information content (AvgIpc) is 2.68. The summed E-state index contributed by atoms with van der Waals surface area (Å²) >= 11 is 0. The molecule has 1 aliphatic rings. The minimum Gasteiger partial charge on any atom is -0.393 e. The van der Waals surface area contributed by atoms with Crippen LogP contribution in [0.4, 0.5) is 0 Å². The van der Waals surface area contributed by atoms with Gasteiger partial charge in [-0.1, -0.05) is 87.0 Å². The predicted octanol–water partition coefficient (Wildman–Crippen LogP) is 8.29. The van der Waals surface area contributed by atoms with E-state index in [1.54, 1.807) is 0 Å². The second-order valence-corrected chi connectivity index (χ2v) is 13.8. The van der Waals surface area contributed by atoms with Gasteiger partial charge < -0.3 is 4.74 Å². The Morgan fingerprint density at radius 2 is 1.26 bits per heavy atom. The highest BCUT2D eigenvalue weighted by molar-refractivity contribution is 5.94. The van der Waals surface area contributed by atoms with Crippen molar-refractivity contribution in [2.75, 3.05) is 0 Å². The summed E-state index contributed by atoms with van der Waals surface area (Å²) in [6.07, 6.45) is 5.14. The number of cyclic esters (lactones) is 2. The van der Waals surface area contributed by atoms with E-state index < -0.39 is 5.97 Å². The third-order valence-electron chi connectivity index (χ3n) is 5.02. The molecular formula is C28H50O3. The lowest BCUT2D eigenvalue weighted by molar-refractivity contribution is -0.153. The first kappa shape index (κ1) is 29.6. The van der Waals surface area contributed by atoms with E-state index in [0.29, 0.717) is 17.3 Å². The van der Waals surface area contributed by atoms with Crippen molar-refractivity contribution in [2.45, 2.75) is 115 Å². The van der Waals surface area contributed by atoms with E-state index in [2.05, 4.69) is 94.1 Å². The van der Waals surface area contributed by atoms with Gasteiger partial charge in [0.05, 0.1) is 12.3 Å². The van der Waals surface area contributed by atoms with E-state index in [9.17, 15) is 9.59 Å². The Kier molecular flexibility index (Phi) is 10.5. The van der Waals surface area contributed by atoms with Gasteiger partial charge in [-0.05, 0) is 60.7 Å². The fourth-order valence-electron chi connectivity index (χ4n) is 5.59. The molecule has 0 aromatic rings. The standard InChI is InChI=1S/C16H26O3.C12H24/c1-11(7-12-8-13(17)19-14(12)18)9-16(5,6)10-15(2,3)4;1-10(2)8-12(6,7)9-11(3,4)5/h12H,1,7-10H2,2-6H3;1,8-9H2,2-7H3. The normalized spacial score (nSPS) is 17.7. The van der Waals surface area contributed by atoms with Crippen LogP contribution in [-0.2, 0) is 14.3 Å². The van der Waals surface area contributed by atoms with E-state index in [1.165, 1.54) is 12.0 Å². The maximum atomic E-state index is 11.4. The first-order valence-corrected chi connectivity index (χ1v) is 11.7. The van der Waals surface area contributed by atoms with Crippen LogP contribution in [0.1, 0.15) is 115 Å². The summed E-state index contributed by atoms with van der Waals surface area (Å²) in [4.78, 5) is 22.5. The summed E-state index contributed by atoms with van der Waals surface area (Å²) in [6.45, 7) is 32.8. The molecule has 31 heavy (non-hydrogen) atoms. The third kappa shape index (κ3) is 15.1. The van der Waals surface area contributed by atoms with Crippen molar-refractivity contribution in [3.05, 3.63) is 24.3 Å². The number of esters is 2.